The number of aryl methyl sites for hydroxylation is 1. The zero-order valence-electron chi connectivity index (χ0n) is 14.6. The van der Waals surface area contributed by atoms with Gasteiger partial charge in [0, 0.05) is 10.7 Å². The summed E-state index contributed by atoms with van der Waals surface area (Å²) in [6, 6.07) is 13.4. The molecular formula is C20H17ClFN3O2. The van der Waals surface area contributed by atoms with Gasteiger partial charge < -0.3 is 10.1 Å². The van der Waals surface area contributed by atoms with Crippen molar-refractivity contribution in [2.75, 3.05) is 5.32 Å². The predicted octanol–water partition coefficient (Wildman–Crippen LogP) is 4.51. The number of nitrogens with one attached hydrogen (secondary N) is 1. The number of hydrogen-bond donors (Lipinski definition) is 1. The predicted molar refractivity (Wildman–Crippen MR) is 100 cm³/mol. The maximum atomic E-state index is 13.2. The molecule has 1 aromatic heterocycles. The number of nitrogens with zero attached hydrogens (tertiary/aromatic N) is 2. The van der Waals surface area contributed by atoms with Crippen LogP contribution in [-0.4, -0.2) is 15.7 Å². The topological polar surface area (TPSA) is 56.2 Å². The third kappa shape index (κ3) is 3.72. The summed E-state index contributed by atoms with van der Waals surface area (Å²) in [5.41, 5.74) is 3.35. The van der Waals surface area contributed by atoms with Gasteiger partial charge in [0.1, 0.15) is 11.9 Å². The highest BCUT2D eigenvalue weighted by Gasteiger charge is 2.24. The maximum absolute atomic E-state index is 13.2. The molecule has 1 N–H and O–H groups in total. The molecule has 1 aliphatic heterocycles. The number of rotatable bonds is 3. The molecule has 0 fully saturated rings. The molecule has 1 aliphatic rings. The number of aromatic nitrogens is 2. The first-order valence-corrected chi connectivity index (χ1v) is 8.89. The molecule has 0 spiro atoms. The van der Waals surface area contributed by atoms with Gasteiger partial charge >= 0.3 is 0 Å². The van der Waals surface area contributed by atoms with Crippen molar-refractivity contribution in [3.05, 3.63) is 81.9 Å². The average molecular weight is 386 g/mol. The van der Waals surface area contributed by atoms with Crippen LogP contribution in [0.25, 0.3) is 0 Å². The fourth-order valence-corrected chi connectivity index (χ4v) is 3.20. The monoisotopic (exact) mass is 385 g/mol. The van der Waals surface area contributed by atoms with Gasteiger partial charge in [-0.05, 0) is 54.4 Å². The van der Waals surface area contributed by atoms with Gasteiger partial charge in [0.15, 0.2) is 5.69 Å². The average Bonchev–Trinajstić information content (AvgIpc) is 3.08. The van der Waals surface area contributed by atoms with Crippen LogP contribution in [0.3, 0.4) is 0 Å². The summed E-state index contributed by atoms with van der Waals surface area (Å²) < 4.78 is 20.9. The number of halogens is 2. The van der Waals surface area contributed by atoms with Gasteiger partial charge in [0.05, 0.1) is 18.8 Å². The molecule has 1 amide bonds. The van der Waals surface area contributed by atoms with E-state index in [9.17, 15) is 9.18 Å². The highest BCUT2D eigenvalue weighted by molar-refractivity contribution is 6.30. The number of hydrogen-bond acceptors (Lipinski definition) is 3. The van der Waals surface area contributed by atoms with E-state index in [1.807, 2.05) is 24.3 Å². The van der Waals surface area contributed by atoms with E-state index in [0.717, 1.165) is 11.3 Å². The zero-order chi connectivity index (χ0) is 19.0. The van der Waals surface area contributed by atoms with Gasteiger partial charge in [-0.15, -0.1) is 0 Å². The number of carbonyl (C=O) groups is 1. The summed E-state index contributed by atoms with van der Waals surface area (Å²) in [5, 5.41) is 7.86. The summed E-state index contributed by atoms with van der Waals surface area (Å²) in [6.07, 6.45) is -0.148. The van der Waals surface area contributed by atoms with Crippen molar-refractivity contribution in [2.24, 2.45) is 0 Å². The van der Waals surface area contributed by atoms with E-state index in [2.05, 4.69) is 10.4 Å². The minimum absolute atomic E-state index is 0.148. The molecule has 3 aromatic rings. The Morgan fingerprint density at radius 2 is 2.04 bits per heavy atom. The van der Waals surface area contributed by atoms with Crippen LogP contribution in [0.15, 0.2) is 48.5 Å². The molecule has 7 heteroatoms. The third-order valence-electron chi connectivity index (χ3n) is 4.55. The quantitative estimate of drug-likeness (QED) is 0.721. The van der Waals surface area contributed by atoms with Gasteiger partial charge in [-0.2, -0.15) is 5.10 Å². The van der Waals surface area contributed by atoms with Crippen LogP contribution in [0, 0.1) is 12.7 Å². The molecule has 0 saturated carbocycles. The molecule has 27 heavy (non-hydrogen) atoms. The van der Waals surface area contributed by atoms with Crippen LogP contribution < -0.4 is 5.32 Å². The van der Waals surface area contributed by atoms with E-state index in [1.54, 1.807) is 17.7 Å². The summed E-state index contributed by atoms with van der Waals surface area (Å²) in [7, 11) is 0. The summed E-state index contributed by atoms with van der Waals surface area (Å²) >= 11 is 5.93. The summed E-state index contributed by atoms with van der Waals surface area (Å²) in [6.45, 7) is 2.62. The first-order valence-electron chi connectivity index (χ1n) is 8.51. The van der Waals surface area contributed by atoms with Crippen molar-refractivity contribution >= 4 is 23.2 Å². The van der Waals surface area contributed by atoms with E-state index >= 15 is 0 Å². The fraction of sp³-hybridized carbons (Fsp3) is 0.200. The minimum atomic E-state index is -0.339. The third-order valence-corrected chi connectivity index (χ3v) is 4.80. The van der Waals surface area contributed by atoms with Crippen LogP contribution in [0.2, 0.25) is 5.02 Å². The van der Waals surface area contributed by atoms with Crippen LogP contribution >= 0.6 is 11.6 Å². The molecule has 0 unspecified atom stereocenters. The van der Waals surface area contributed by atoms with Gasteiger partial charge in [-0.1, -0.05) is 23.7 Å². The van der Waals surface area contributed by atoms with Crippen molar-refractivity contribution in [1.82, 2.24) is 9.78 Å². The highest BCUT2D eigenvalue weighted by atomic mass is 35.5. The van der Waals surface area contributed by atoms with E-state index in [-0.39, 0.29) is 17.8 Å². The minimum Gasteiger partial charge on any atom is -0.365 e. The molecule has 4 rings (SSSR count). The Morgan fingerprint density at radius 3 is 2.78 bits per heavy atom. The highest BCUT2D eigenvalue weighted by Crippen LogP contribution is 2.27. The Kier molecular flexibility index (Phi) is 4.68. The molecule has 0 radical (unpaired) electrons. The lowest BCUT2D eigenvalue weighted by Gasteiger charge is -2.24. The number of carbonyl (C=O) groups excluding carboxylic acids is 1. The fourth-order valence-electron chi connectivity index (χ4n) is 3.07. The Hall–Kier alpha value is -2.70. The number of benzene rings is 2. The van der Waals surface area contributed by atoms with Crippen LogP contribution in [0.1, 0.15) is 33.4 Å². The van der Waals surface area contributed by atoms with Crippen LogP contribution in [-0.2, 0) is 17.9 Å². The largest absolute Gasteiger partial charge is 0.365 e. The summed E-state index contributed by atoms with van der Waals surface area (Å²) in [4.78, 5) is 12.5. The maximum Gasteiger partial charge on any atom is 0.276 e. The lowest BCUT2D eigenvalue weighted by molar-refractivity contribution is -0.00118. The van der Waals surface area contributed by atoms with Gasteiger partial charge in [-0.3, -0.25) is 9.48 Å². The standard InChI is InChI=1S/C20H17ClFN3O2/c1-12-8-15(22)6-7-17(12)23-20(26)18-9-16-11-27-19(10-25(16)24-18)13-2-4-14(21)5-3-13/h2-9,19H,10-11H2,1H3,(H,23,26)/t19-/m0/s1. The van der Waals surface area contributed by atoms with Crippen molar-refractivity contribution in [2.45, 2.75) is 26.2 Å². The van der Waals surface area contributed by atoms with E-state index in [0.29, 0.717) is 35.1 Å². The van der Waals surface area contributed by atoms with E-state index < -0.39 is 0 Å². The molecule has 1 atom stereocenters. The first-order chi connectivity index (χ1) is 13.0. The second-order valence-electron chi connectivity index (χ2n) is 6.47. The van der Waals surface area contributed by atoms with Crippen LogP contribution in [0.5, 0.6) is 0 Å². The molecule has 0 aliphatic carbocycles. The molecule has 0 bridgehead atoms. The number of fused-ring (bicyclic) bond motifs is 1. The molecule has 138 valence electrons. The van der Waals surface area contributed by atoms with Crippen LogP contribution in [0.4, 0.5) is 10.1 Å². The summed E-state index contributed by atoms with van der Waals surface area (Å²) in [5.74, 6) is -0.678. The lowest BCUT2D eigenvalue weighted by atomic mass is 10.1. The SMILES string of the molecule is Cc1cc(F)ccc1NC(=O)c1cc2n(n1)C[C@@H](c1ccc(Cl)cc1)OC2. The first kappa shape index (κ1) is 17.7. The normalized spacial score (nSPS) is 16.0. The second-order valence-corrected chi connectivity index (χ2v) is 6.90. The zero-order valence-corrected chi connectivity index (χ0v) is 15.3. The Morgan fingerprint density at radius 1 is 1.26 bits per heavy atom. The van der Waals surface area contributed by atoms with Crippen molar-refractivity contribution < 1.29 is 13.9 Å². The molecule has 2 aromatic carbocycles. The number of amides is 1. The van der Waals surface area contributed by atoms with Gasteiger partial charge in [0.25, 0.3) is 5.91 Å². The Labute approximate surface area is 160 Å². The number of ether oxygens (including phenoxy) is 1. The second kappa shape index (κ2) is 7.13. The Bertz CT molecular complexity index is 1000. The molecule has 2 heterocycles. The van der Waals surface area contributed by atoms with Crippen molar-refractivity contribution in [3.63, 3.8) is 0 Å². The van der Waals surface area contributed by atoms with Crippen molar-refractivity contribution in [3.8, 4) is 0 Å². The van der Waals surface area contributed by atoms with Gasteiger partial charge in [0.2, 0.25) is 0 Å². The van der Waals surface area contributed by atoms with E-state index in [1.165, 1.54) is 18.2 Å². The van der Waals surface area contributed by atoms with E-state index in [4.69, 9.17) is 16.3 Å². The van der Waals surface area contributed by atoms with Gasteiger partial charge in [-0.25, -0.2) is 4.39 Å². The molecule has 5 nitrogen and oxygen atoms in total. The number of anilines is 1. The Balaban J connectivity index is 1.51. The smallest absolute Gasteiger partial charge is 0.276 e. The van der Waals surface area contributed by atoms with Crippen molar-refractivity contribution in [1.29, 1.82) is 0 Å². The lowest BCUT2D eigenvalue weighted by Crippen LogP contribution is -2.22. The molecule has 0 saturated heterocycles. The molecular weight excluding hydrogens is 369 g/mol.